The lowest BCUT2D eigenvalue weighted by molar-refractivity contribution is -0.113. The fraction of sp³-hybridized carbons (Fsp3) is 0.200. The molecule has 0 aliphatic rings. The van der Waals surface area contributed by atoms with E-state index in [1.165, 1.54) is 27.8 Å². The molecule has 1 amide bonds. The van der Waals surface area contributed by atoms with Crippen molar-refractivity contribution in [1.29, 1.82) is 5.26 Å². The van der Waals surface area contributed by atoms with Crippen molar-refractivity contribution in [3.05, 3.63) is 46.7 Å². The predicted molar refractivity (Wildman–Crippen MR) is 120 cm³/mol. The second kappa shape index (κ2) is 8.37. The van der Waals surface area contributed by atoms with Gasteiger partial charge in [0.1, 0.15) is 11.1 Å². The van der Waals surface area contributed by atoms with E-state index in [0.717, 1.165) is 16.8 Å². The van der Waals surface area contributed by atoms with Crippen LogP contribution in [-0.4, -0.2) is 26.4 Å². The first kappa shape index (κ1) is 19.6. The minimum atomic E-state index is -0.171. The molecule has 146 valence electrons. The molecule has 29 heavy (non-hydrogen) atoms. The van der Waals surface area contributed by atoms with Gasteiger partial charge in [0.05, 0.1) is 11.3 Å². The molecule has 1 aromatic carbocycles. The number of thiophene rings is 2. The Morgan fingerprint density at radius 3 is 2.90 bits per heavy atom. The van der Waals surface area contributed by atoms with Gasteiger partial charge in [0.2, 0.25) is 5.91 Å². The molecule has 0 fully saturated rings. The molecule has 0 bridgehead atoms. The average molecular weight is 440 g/mol. The number of amides is 1. The molecule has 6 nitrogen and oxygen atoms in total. The molecule has 4 aromatic rings. The molecule has 1 N–H and O–H groups in total. The van der Waals surface area contributed by atoms with Crippen LogP contribution in [0.4, 0.5) is 5.00 Å². The molecule has 9 heteroatoms. The number of carbonyl (C=O) groups is 1. The summed E-state index contributed by atoms with van der Waals surface area (Å²) in [6.07, 6.45) is 0. The summed E-state index contributed by atoms with van der Waals surface area (Å²) < 4.78 is 3.27. The second-order valence-corrected chi connectivity index (χ2v) is 9.30. The van der Waals surface area contributed by atoms with E-state index < -0.39 is 0 Å². The van der Waals surface area contributed by atoms with Crippen LogP contribution in [0.25, 0.3) is 21.5 Å². The topological polar surface area (TPSA) is 83.6 Å². The Labute approximate surface area is 180 Å². The molecule has 3 aromatic heterocycles. The first-order valence-electron chi connectivity index (χ1n) is 8.90. The van der Waals surface area contributed by atoms with Gasteiger partial charge in [-0.3, -0.25) is 9.36 Å². The SMILES string of the molecule is CC(C)n1c(SCC(=O)Nc2sccc2C#N)nnc1-c1csc2ccccc12. The standard InChI is InChI=1S/C20H17N5OS3/c1-12(2)25-18(15-10-28-16-6-4-3-5-14(15)16)23-24-20(25)29-11-17(26)22-19-13(9-21)7-8-27-19/h3-8,10,12H,11H2,1-2H3,(H,22,26). The number of benzene rings is 1. The minimum absolute atomic E-state index is 0.145. The van der Waals surface area contributed by atoms with E-state index in [4.69, 9.17) is 5.26 Å². The Morgan fingerprint density at radius 2 is 2.10 bits per heavy atom. The summed E-state index contributed by atoms with van der Waals surface area (Å²) in [7, 11) is 0. The summed E-state index contributed by atoms with van der Waals surface area (Å²) in [4.78, 5) is 12.4. The Morgan fingerprint density at radius 1 is 1.28 bits per heavy atom. The highest BCUT2D eigenvalue weighted by atomic mass is 32.2. The van der Waals surface area contributed by atoms with E-state index in [-0.39, 0.29) is 17.7 Å². The fourth-order valence-electron chi connectivity index (χ4n) is 2.96. The minimum Gasteiger partial charge on any atom is -0.316 e. The summed E-state index contributed by atoms with van der Waals surface area (Å²) >= 11 is 4.37. The number of carbonyl (C=O) groups excluding carboxylic acids is 1. The lowest BCUT2D eigenvalue weighted by Crippen LogP contribution is -2.14. The smallest absolute Gasteiger partial charge is 0.235 e. The number of aromatic nitrogens is 3. The van der Waals surface area contributed by atoms with E-state index in [1.807, 2.05) is 12.1 Å². The number of hydrogen-bond donors (Lipinski definition) is 1. The predicted octanol–water partition coefficient (Wildman–Crippen LogP) is 5.40. The van der Waals surface area contributed by atoms with Crippen LogP contribution >= 0.6 is 34.4 Å². The second-order valence-electron chi connectivity index (χ2n) is 6.53. The van der Waals surface area contributed by atoms with E-state index >= 15 is 0 Å². The zero-order valence-electron chi connectivity index (χ0n) is 15.7. The lowest BCUT2D eigenvalue weighted by Gasteiger charge is -2.13. The third-order valence-electron chi connectivity index (χ3n) is 4.27. The zero-order chi connectivity index (χ0) is 20.4. The molecule has 0 saturated heterocycles. The molecule has 0 saturated carbocycles. The maximum atomic E-state index is 12.4. The summed E-state index contributed by atoms with van der Waals surface area (Å²) in [5.74, 6) is 0.832. The lowest BCUT2D eigenvalue weighted by atomic mass is 10.1. The third kappa shape index (κ3) is 3.92. The highest BCUT2D eigenvalue weighted by Crippen LogP contribution is 2.35. The van der Waals surface area contributed by atoms with Crippen molar-refractivity contribution in [3.63, 3.8) is 0 Å². The normalized spacial score (nSPS) is 11.1. The van der Waals surface area contributed by atoms with Gasteiger partial charge >= 0.3 is 0 Å². The van der Waals surface area contributed by atoms with Crippen molar-refractivity contribution in [2.24, 2.45) is 0 Å². The van der Waals surface area contributed by atoms with Crippen molar-refractivity contribution in [2.45, 2.75) is 25.0 Å². The van der Waals surface area contributed by atoms with Crippen molar-refractivity contribution < 1.29 is 4.79 Å². The maximum absolute atomic E-state index is 12.4. The van der Waals surface area contributed by atoms with Gasteiger partial charge < -0.3 is 5.32 Å². The van der Waals surface area contributed by atoms with Crippen molar-refractivity contribution >= 4 is 55.4 Å². The number of fused-ring (bicyclic) bond motifs is 1. The Bertz CT molecular complexity index is 1210. The van der Waals surface area contributed by atoms with E-state index in [9.17, 15) is 4.79 Å². The molecule has 3 heterocycles. The van der Waals surface area contributed by atoms with E-state index in [1.54, 1.807) is 22.8 Å². The van der Waals surface area contributed by atoms with E-state index in [2.05, 4.69) is 57.5 Å². The highest BCUT2D eigenvalue weighted by molar-refractivity contribution is 7.99. The molecule has 0 spiro atoms. The van der Waals surface area contributed by atoms with Gasteiger partial charge in [-0.1, -0.05) is 30.0 Å². The zero-order valence-corrected chi connectivity index (χ0v) is 18.2. The van der Waals surface area contributed by atoms with Gasteiger partial charge in [-0.2, -0.15) is 5.26 Å². The van der Waals surface area contributed by atoms with Gasteiger partial charge in [0.15, 0.2) is 11.0 Å². The van der Waals surface area contributed by atoms with Crippen LogP contribution in [0.1, 0.15) is 25.5 Å². The summed E-state index contributed by atoms with van der Waals surface area (Å²) in [5, 5.41) is 27.0. The Kier molecular flexibility index (Phi) is 5.67. The molecular formula is C20H17N5OS3. The quantitative estimate of drug-likeness (QED) is 0.406. The van der Waals surface area contributed by atoms with E-state index in [0.29, 0.717) is 15.7 Å². The van der Waals surface area contributed by atoms with Crippen LogP contribution < -0.4 is 5.32 Å². The van der Waals surface area contributed by atoms with Crippen molar-refractivity contribution in [2.75, 3.05) is 11.1 Å². The Balaban J connectivity index is 1.56. The first-order chi connectivity index (χ1) is 14.1. The van der Waals surface area contributed by atoms with Gasteiger partial charge in [0.25, 0.3) is 0 Å². The molecule has 0 aliphatic heterocycles. The number of rotatable bonds is 6. The number of thioether (sulfide) groups is 1. The highest BCUT2D eigenvalue weighted by Gasteiger charge is 2.20. The van der Waals surface area contributed by atoms with Crippen LogP contribution in [0.5, 0.6) is 0 Å². The Hall–Kier alpha value is -2.67. The number of nitrogens with one attached hydrogen (secondary N) is 1. The van der Waals surface area contributed by atoms with Gasteiger partial charge in [-0.25, -0.2) is 0 Å². The van der Waals surface area contributed by atoms with Crippen LogP contribution in [-0.2, 0) is 4.79 Å². The summed E-state index contributed by atoms with van der Waals surface area (Å²) in [6, 6.07) is 12.2. The monoisotopic (exact) mass is 439 g/mol. The van der Waals surface area contributed by atoms with Crippen LogP contribution in [0.3, 0.4) is 0 Å². The largest absolute Gasteiger partial charge is 0.316 e. The van der Waals surface area contributed by atoms with Crippen molar-refractivity contribution in [3.8, 4) is 17.5 Å². The van der Waals surface area contributed by atoms with Crippen LogP contribution in [0.15, 0.2) is 46.2 Å². The first-order valence-corrected chi connectivity index (χ1v) is 11.6. The summed E-state index contributed by atoms with van der Waals surface area (Å²) in [6.45, 7) is 4.16. The number of nitrogens with zero attached hydrogens (tertiary/aromatic N) is 4. The summed E-state index contributed by atoms with van der Waals surface area (Å²) in [5.41, 5.74) is 1.53. The van der Waals surface area contributed by atoms with Gasteiger partial charge in [0, 0.05) is 27.1 Å². The molecule has 0 radical (unpaired) electrons. The number of anilines is 1. The molecule has 0 atom stereocenters. The van der Waals surface area contributed by atoms with Gasteiger partial charge in [-0.05, 0) is 31.4 Å². The van der Waals surface area contributed by atoms with Gasteiger partial charge in [-0.15, -0.1) is 32.9 Å². The third-order valence-corrected chi connectivity index (χ3v) is 7.01. The maximum Gasteiger partial charge on any atom is 0.235 e. The average Bonchev–Trinajstić information content (AvgIpc) is 3.43. The fourth-order valence-corrected chi connectivity index (χ4v) is 5.52. The van der Waals surface area contributed by atoms with Crippen LogP contribution in [0, 0.1) is 11.3 Å². The molecule has 0 aliphatic carbocycles. The van der Waals surface area contributed by atoms with Crippen molar-refractivity contribution in [1.82, 2.24) is 14.8 Å². The molecule has 0 unspecified atom stereocenters. The molecular weight excluding hydrogens is 422 g/mol. The number of nitriles is 1. The van der Waals surface area contributed by atoms with Crippen LogP contribution in [0.2, 0.25) is 0 Å². The molecule has 4 rings (SSSR count). The number of hydrogen-bond acceptors (Lipinski definition) is 7.